The van der Waals surface area contributed by atoms with E-state index in [1.165, 1.54) is 18.3 Å². The summed E-state index contributed by atoms with van der Waals surface area (Å²) in [6.45, 7) is 5.26. The van der Waals surface area contributed by atoms with Crippen molar-refractivity contribution in [3.05, 3.63) is 88.8 Å². The highest BCUT2D eigenvalue weighted by atomic mass is 16.5. The fourth-order valence-corrected chi connectivity index (χ4v) is 7.33. The monoisotopic (exact) mass is 687 g/mol. The number of nitrogens with zero attached hydrogens (tertiary/aromatic N) is 7. The maximum absolute atomic E-state index is 14.0. The molecule has 1 saturated carbocycles. The minimum atomic E-state index is -0.528. The molecule has 2 saturated heterocycles. The van der Waals surface area contributed by atoms with Gasteiger partial charge in [0, 0.05) is 56.6 Å². The van der Waals surface area contributed by atoms with Crippen LogP contribution >= 0.6 is 0 Å². The Balaban J connectivity index is 0.942. The number of aryl methyl sites for hydroxylation is 1. The maximum Gasteiger partial charge on any atom is 0.237 e. The topological polar surface area (TPSA) is 153 Å². The van der Waals surface area contributed by atoms with Gasteiger partial charge in [-0.2, -0.15) is 0 Å². The Morgan fingerprint density at radius 2 is 1.86 bits per heavy atom. The van der Waals surface area contributed by atoms with Crippen molar-refractivity contribution in [2.24, 2.45) is 21.1 Å². The summed E-state index contributed by atoms with van der Waals surface area (Å²) in [5.41, 5.74) is 10.9. The Hall–Kier alpha value is -5.23. The number of anilines is 1. The second-order valence-corrected chi connectivity index (χ2v) is 14.0. The molecule has 264 valence electrons. The number of amides is 2. The molecule has 51 heavy (non-hydrogen) atoms. The average Bonchev–Trinajstić information content (AvgIpc) is 3.70. The molecule has 1 aliphatic carbocycles. The summed E-state index contributed by atoms with van der Waals surface area (Å²) >= 11 is 0. The van der Waals surface area contributed by atoms with Crippen LogP contribution in [0.1, 0.15) is 66.5 Å². The molecule has 3 N–H and O–H groups in total. The van der Waals surface area contributed by atoms with Crippen molar-refractivity contribution >= 4 is 41.1 Å². The normalized spacial score (nSPS) is 21.4. The number of hydrogen-bond acceptors (Lipinski definition) is 8. The third kappa shape index (κ3) is 7.18. The number of aliphatic imine (C=N–C) groups is 2. The molecule has 1 aromatic carbocycles. The van der Waals surface area contributed by atoms with Crippen LogP contribution in [0.3, 0.4) is 0 Å². The van der Waals surface area contributed by atoms with Crippen LogP contribution in [-0.2, 0) is 9.59 Å². The second kappa shape index (κ2) is 14.6. The SMILES string of the molecule is CN=CN=C(N)c1ccc(C2=CCN(C(=O)CN3CC[C@]4(CCN(c5ccc(C)c(C(=N)c6ccc(OC7CCC7)nc6)n5)C4=O)C3)CC2)cc1. The van der Waals surface area contributed by atoms with Gasteiger partial charge in [-0.3, -0.25) is 29.8 Å². The van der Waals surface area contributed by atoms with E-state index in [9.17, 15) is 9.59 Å². The van der Waals surface area contributed by atoms with Crippen LogP contribution in [0, 0.1) is 17.7 Å². The van der Waals surface area contributed by atoms with Gasteiger partial charge in [-0.1, -0.05) is 36.4 Å². The smallest absolute Gasteiger partial charge is 0.237 e. The Labute approximate surface area is 298 Å². The Bertz CT molecular complexity index is 1900. The third-order valence-electron chi connectivity index (χ3n) is 10.7. The molecular weight excluding hydrogens is 642 g/mol. The summed E-state index contributed by atoms with van der Waals surface area (Å²) in [5, 5.41) is 8.92. The van der Waals surface area contributed by atoms with Crippen LogP contribution in [0.4, 0.5) is 5.82 Å². The molecule has 4 aliphatic rings. The summed E-state index contributed by atoms with van der Waals surface area (Å²) in [4.78, 5) is 50.4. The lowest BCUT2D eigenvalue weighted by atomic mass is 9.85. The van der Waals surface area contributed by atoms with Crippen LogP contribution in [0.2, 0.25) is 0 Å². The van der Waals surface area contributed by atoms with Crippen molar-refractivity contribution in [2.45, 2.75) is 51.6 Å². The highest BCUT2D eigenvalue weighted by Gasteiger charge is 2.51. The molecular formula is C39H45N9O3. The van der Waals surface area contributed by atoms with E-state index < -0.39 is 5.41 Å². The number of benzene rings is 1. The van der Waals surface area contributed by atoms with Crippen LogP contribution in [0.25, 0.3) is 5.57 Å². The lowest BCUT2D eigenvalue weighted by molar-refractivity contribution is -0.132. The van der Waals surface area contributed by atoms with E-state index in [4.69, 9.17) is 20.9 Å². The minimum absolute atomic E-state index is 0.0496. The van der Waals surface area contributed by atoms with Gasteiger partial charge in [-0.15, -0.1) is 0 Å². The first-order valence-electron chi connectivity index (χ1n) is 17.8. The van der Waals surface area contributed by atoms with Gasteiger partial charge in [0.25, 0.3) is 0 Å². The number of ether oxygens (including phenoxy) is 1. The Morgan fingerprint density at radius 3 is 2.55 bits per heavy atom. The molecule has 3 aliphatic heterocycles. The minimum Gasteiger partial charge on any atom is -0.474 e. The lowest BCUT2D eigenvalue weighted by Gasteiger charge is -2.29. The predicted octanol–water partition coefficient (Wildman–Crippen LogP) is 4.24. The first-order valence-corrected chi connectivity index (χ1v) is 17.8. The highest BCUT2D eigenvalue weighted by Crippen LogP contribution is 2.42. The average molecular weight is 688 g/mol. The van der Waals surface area contributed by atoms with Crippen molar-refractivity contribution < 1.29 is 14.3 Å². The molecule has 1 atom stereocenters. The summed E-state index contributed by atoms with van der Waals surface area (Å²) in [6.07, 6.45) is 10.9. The van der Waals surface area contributed by atoms with E-state index >= 15 is 0 Å². The molecule has 7 rings (SSSR count). The molecule has 12 heteroatoms. The van der Waals surface area contributed by atoms with Crippen molar-refractivity contribution in [2.75, 3.05) is 51.2 Å². The summed E-state index contributed by atoms with van der Waals surface area (Å²) in [7, 11) is 1.65. The number of hydrogen-bond donors (Lipinski definition) is 2. The molecule has 0 unspecified atom stereocenters. The van der Waals surface area contributed by atoms with Gasteiger partial charge in [-0.25, -0.2) is 15.0 Å². The molecule has 5 heterocycles. The number of likely N-dealkylation sites (tertiary alicyclic amines) is 1. The fourth-order valence-electron chi connectivity index (χ4n) is 7.33. The highest BCUT2D eigenvalue weighted by molar-refractivity contribution is 6.11. The van der Waals surface area contributed by atoms with Gasteiger partial charge in [0.1, 0.15) is 24.1 Å². The van der Waals surface area contributed by atoms with Crippen molar-refractivity contribution in [1.82, 2.24) is 19.8 Å². The van der Waals surface area contributed by atoms with Crippen molar-refractivity contribution in [3.8, 4) is 5.88 Å². The zero-order valence-corrected chi connectivity index (χ0v) is 29.3. The van der Waals surface area contributed by atoms with E-state index in [1.807, 2.05) is 60.4 Å². The molecule has 2 amide bonds. The number of aromatic nitrogens is 2. The zero-order chi connectivity index (χ0) is 35.5. The maximum atomic E-state index is 14.0. The van der Waals surface area contributed by atoms with E-state index in [1.54, 1.807) is 18.1 Å². The van der Waals surface area contributed by atoms with E-state index in [2.05, 4.69) is 25.9 Å². The van der Waals surface area contributed by atoms with E-state index in [-0.39, 0.29) is 23.6 Å². The summed E-state index contributed by atoms with van der Waals surface area (Å²) in [5.74, 6) is 1.68. The van der Waals surface area contributed by atoms with Crippen LogP contribution < -0.4 is 15.4 Å². The first kappa shape index (κ1) is 34.2. The standard InChI is InChI=1S/C39H45N9O3/c1-26-6-12-32(45-36(26)35(40)30-11-13-33(43-22-30)51-31-4-3-5-31)48-21-17-39(38(48)50)16-20-46(24-39)23-34(49)47-18-14-28(15-19-47)27-7-9-29(10-8-27)37(41)44-25-42-2/h6-14,22,25,31,40H,3-5,15-21,23-24H2,1-2H3,(H2,41,42,44)/t39-/m0/s1. The van der Waals surface area contributed by atoms with Gasteiger partial charge in [0.2, 0.25) is 17.7 Å². The molecule has 0 radical (unpaired) electrons. The van der Waals surface area contributed by atoms with E-state index in [0.717, 1.165) is 36.0 Å². The number of nitrogens with two attached hydrogens (primary N) is 1. The van der Waals surface area contributed by atoms with Crippen LogP contribution in [-0.4, -0.2) is 102 Å². The van der Waals surface area contributed by atoms with Gasteiger partial charge in [0.05, 0.1) is 23.4 Å². The van der Waals surface area contributed by atoms with E-state index in [0.29, 0.717) is 80.9 Å². The second-order valence-electron chi connectivity index (χ2n) is 14.0. The number of amidine groups is 1. The molecule has 2 aromatic heterocycles. The molecule has 1 spiro atoms. The number of nitrogens with one attached hydrogen (secondary N) is 1. The third-order valence-corrected chi connectivity index (χ3v) is 10.7. The van der Waals surface area contributed by atoms with Crippen LogP contribution in [0.15, 0.2) is 70.8 Å². The zero-order valence-electron chi connectivity index (χ0n) is 29.3. The molecule has 12 nitrogen and oxygen atoms in total. The van der Waals surface area contributed by atoms with Crippen LogP contribution in [0.5, 0.6) is 5.88 Å². The van der Waals surface area contributed by atoms with Gasteiger partial charge in [0.15, 0.2) is 0 Å². The van der Waals surface area contributed by atoms with Gasteiger partial charge in [-0.05, 0) is 80.8 Å². The quantitative estimate of drug-likeness (QED) is 0.239. The molecule has 0 bridgehead atoms. The molecule has 3 fully saturated rings. The molecule has 3 aromatic rings. The van der Waals surface area contributed by atoms with Crippen molar-refractivity contribution in [1.29, 1.82) is 5.41 Å². The number of pyridine rings is 2. The number of carbonyl (C=O) groups is 2. The van der Waals surface area contributed by atoms with Gasteiger partial charge < -0.3 is 15.4 Å². The fraction of sp³-hybridized carbons (Fsp3) is 0.410. The first-order chi connectivity index (χ1) is 24.7. The summed E-state index contributed by atoms with van der Waals surface area (Å²) < 4.78 is 5.88. The lowest BCUT2D eigenvalue weighted by Crippen LogP contribution is -2.43. The van der Waals surface area contributed by atoms with Crippen molar-refractivity contribution in [3.63, 3.8) is 0 Å². The van der Waals surface area contributed by atoms with Gasteiger partial charge >= 0.3 is 0 Å². The number of rotatable bonds is 10. The largest absolute Gasteiger partial charge is 0.474 e. The Kier molecular flexibility index (Phi) is 9.77. The Morgan fingerprint density at radius 1 is 1.08 bits per heavy atom. The number of carbonyl (C=O) groups excluding carboxylic acids is 2. The predicted molar refractivity (Wildman–Crippen MR) is 199 cm³/mol. The summed E-state index contributed by atoms with van der Waals surface area (Å²) in [6, 6.07) is 15.4.